The Labute approximate surface area is 583 Å². The van der Waals surface area contributed by atoms with E-state index in [0.717, 1.165) is 68.3 Å². The van der Waals surface area contributed by atoms with Gasteiger partial charge in [-0.25, -0.2) is 19.3 Å². The van der Waals surface area contributed by atoms with Crippen molar-refractivity contribution in [1.29, 1.82) is 0 Å². The van der Waals surface area contributed by atoms with Gasteiger partial charge in [-0.05, 0) is 167 Å². The van der Waals surface area contributed by atoms with Crippen molar-refractivity contribution in [2.75, 3.05) is 65.6 Å². The number of benzene rings is 2. The normalized spacial score (nSPS) is 16.7. The second-order valence-electron chi connectivity index (χ2n) is 28.1. The molecular weight excluding hydrogens is 1330 g/mol. The Hall–Kier alpha value is -6.92. The monoisotopic (exact) mass is 1430 g/mol. The Kier molecular flexibility index (Phi) is 27.1. The van der Waals surface area contributed by atoms with Gasteiger partial charge in [0.2, 0.25) is 5.78 Å². The summed E-state index contributed by atoms with van der Waals surface area (Å²) < 4.78 is 43.7. The van der Waals surface area contributed by atoms with E-state index < -0.39 is 48.3 Å². The molecule has 0 bridgehead atoms. The van der Waals surface area contributed by atoms with Gasteiger partial charge in [0, 0.05) is 116 Å². The van der Waals surface area contributed by atoms with Crippen molar-refractivity contribution in [3.05, 3.63) is 188 Å². The van der Waals surface area contributed by atoms with E-state index in [1.54, 1.807) is 39.3 Å². The Bertz CT molecular complexity index is 3860. The molecular formula is C71H92Cl2MnN10O10Si2. The molecule has 2 aliphatic carbocycles. The molecule has 6 heterocycles. The quantitative estimate of drug-likeness (QED) is 0.0412. The molecule has 4 aliphatic rings. The first kappa shape index (κ1) is 76.4. The minimum absolute atomic E-state index is 0.155. The van der Waals surface area contributed by atoms with Crippen molar-refractivity contribution in [3.63, 3.8) is 0 Å². The fourth-order valence-corrected chi connectivity index (χ4v) is 13.2. The number of allylic oxidation sites excluding steroid dienone is 1. The predicted octanol–water partition coefficient (Wildman–Crippen LogP) is 14.3. The third-order valence-corrected chi connectivity index (χ3v) is 20.0. The average Bonchev–Trinajstić information content (AvgIpc) is 1.56. The second kappa shape index (κ2) is 34.0. The van der Waals surface area contributed by atoms with Crippen LogP contribution in [0.4, 0.5) is 9.59 Å². The SMILES string of the molecule is C=C=C=C.CC(C)(C)OC(=O)N1CCN([C@H]2c3ccc(Cl)cc3C(C(O)c3ccnn3COCC[Si](C)(C)C)=Cc3cccnc32)CC1.Cc1ncc(C(=O)C2=Cc3cccnc3[C@@H](N3CCN(C(=O)OC(C)(C)C)CC3)c3ccc(Cl)cc32)n1COCC[Si](C)(C)C.[O]=[Mn]=[O]. The number of halogens is 2. The molecule has 20 nitrogen and oxygen atoms in total. The molecule has 2 fully saturated rings. The Morgan fingerprint density at radius 2 is 1.11 bits per heavy atom. The van der Waals surface area contributed by atoms with Crippen LogP contribution in [0.2, 0.25) is 61.4 Å². The van der Waals surface area contributed by atoms with E-state index >= 15 is 0 Å². The van der Waals surface area contributed by atoms with E-state index in [-0.39, 0.29) is 43.5 Å². The number of ketones is 1. The van der Waals surface area contributed by atoms with Gasteiger partial charge in [-0.2, -0.15) is 5.10 Å². The number of rotatable bonds is 16. The van der Waals surface area contributed by atoms with Gasteiger partial charge in [-0.3, -0.25) is 24.6 Å². The summed E-state index contributed by atoms with van der Waals surface area (Å²) in [6, 6.07) is 22.9. The predicted molar refractivity (Wildman–Crippen MR) is 376 cm³/mol. The number of carbonyl (C=O) groups is 3. The molecule has 3 atom stereocenters. The summed E-state index contributed by atoms with van der Waals surface area (Å²) in [5.74, 6) is 0.563. The van der Waals surface area contributed by atoms with Gasteiger partial charge in [0.05, 0.1) is 35.4 Å². The summed E-state index contributed by atoms with van der Waals surface area (Å²) in [6.07, 6.45) is 9.28. The Morgan fingerprint density at radius 1 is 0.656 bits per heavy atom. The van der Waals surface area contributed by atoms with Crippen LogP contribution in [-0.2, 0) is 54.9 Å². The fourth-order valence-electron chi connectivity index (χ4n) is 11.3. The third kappa shape index (κ3) is 21.1. The van der Waals surface area contributed by atoms with E-state index in [1.165, 1.54) is 0 Å². The minimum atomic E-state index is -1.44. The number of Topliss-reactive ketones (excluding diaryl/α,β-unsaturated/α-hetero) is 1. The van der Waals surface area contributed by atoms with Gasteiger partial charge >= 0.3 is 34.7 Å². The maximum atomic E-state index is 14.5. The zero-order valence-corrected chi connectivity index (χ0v) is 62.3. The van der Waals surface area contributed by atoms with E-state index in [0.29, 0.717) is 92.6 Å². The Morgan fingerprint density at radius 3 is 1.58 bits per heavy atom. The van der Waals surface area contributed by atoms with Crippen molar-refractivity contribution >= 4 is 80.6 Å². The number of piperazine rings is 2. The van der Waals surface area contributed by atoms with Crippen molar-refractivity contribution < 1.29 is 60.9 Å². The first-order valence-corrected chi connectivity index (χ1v) is 41.2. The second-order valence-corrected chi connectivity index (χ2v) is 40.4. The number of imidazole rings is 1. The number of hydrogen-bond acceptors (Lipinski definition) is 16. The molecule has 4 aromatic heterocycles. The molecule has 96 heavy (non-hydrogen) atoms. The topological polar surface area (TPSA) is 217 Å². The molecule has 2 aromatic carbocycles. The molecule has 10 rings (SSSR count). The van der Waals surface area contributed by atoms with Crippen molar-refractivity contribution in [3.8, 4) is 0 Å². The first-order valence-electron chi connectivity index (χ1n) is 32.1. The number of amides is 2. The summed E-state index contributed by atoms with van der Waals surface area (Å²) in [5.41, 5.74) is 13.0. The van der Waals surface area contributed by atoms with Crippen molar-refractivity contribution in [1.82, 2.24) is 48.9 Å². The third-order valence-electron chi connectivity index (χ3n) is 16.2. The zero-order valence-electron chi connectivity index (χ0n) is 57.6. The number of aromatic nitrogens is 6. The average molecular weight is 1430 g/mol. The molecule has 0 saturated carbocycles. The van der Waals surface area contributed by atoms with Crippen LogP contribution in [0.3, 0.4) is 0 Å². The van der Waals surface area contributed by atoms with Crippen molar-refractivity contribution in [2.24, 2.45) is 0 Å². The zero-order chi connectivity index (χ0) is 70.3. The van der Waals surface area contributed by atoms with Gasteiger partial charge in [0.25, 0.3) is 0 Å². The van der Waals surface area contributed by atoms with Gasteiger partial charge in [0.1, 0.15) is 42.3 Å². The van der Waals surface area contributed by atoms with Crippen LogP contribution in [0.15, 0.2) is 116 Å². The van der Waals surface area contributed by atoms with Gasteiger partial charge < -0.3 is 38.4 Å². The summed E-state index contributed by atoms with van der Waals surface area (Å²) in [6.45, 7) is 39.9. The molecule has 515 valence electrons. The summed E-state index contributed by atoms with van der Waals surface area (Å²) in [5, 5.41) is 17.5. The van der Waals surface area contributed by atoms with E-state index in [1.807, 2.05) is 132 Å². The van der Waals surface area contributed by atoms with Gasteiger partial charge in [-0.15, -0.1) is 0 Å². The fraction of sp³-hybridized carbons (Fsp3) is 0.451. The van der Waals surface area contributed by atoms with Crippen LogP contribution in [0.5, 0.6) is 0 Å². The number of carbonyl (C=O) groups excluding carboxylic acids is 3. The van der Waals surface area contributed by atoms with Gasteiger partial charge in [0.15, 0.2) is 0 Å². The number of aliphatic hydroxyl groups excluding tert-OH is 1. The van der Waals surface area contributed by atoms with Crippen LogP contribution in [0.1, 0.15) is 127 Å². The van der Waals surface area contributed by atoms with Crippen LogP contribution in [0, 0.1) is 6.92 Å². The van der Waals surface area contributed by atoms with E-state index in [2.05, 4.69) is 83.8 Å². The number of hydrogen-bond donors (Lipinski definition) is 1. The molecule has 1 unspecified atom stereocenters. The summed E-state index contributed by atoms with van der Waals surface area (Å²) in [4.78, 5) is 62.4. The molecule has 0 radical (unpaired) electrons. The molecule has 2 aliphatic heterocycles. The number of aliphatic hydroxyl groups is 1. The number of ether oxygens (including phenoxy) is 4. The molecule has 6 aromatic rings. The van der Waals surface area contributed by atoms with Crippen molar-refractivity contribution in [2.45, 2.75) is 143 Å². The van der Waals surface area contributed by atoms with E-state index in [4.69, 9.17) is 59.8 Å². The standard InChI is InChI=1S/C34H44ClN5O4Si.C33H44ClN5O4Si.C4H4.Mn.2O/c1-23-37-21-29(40(23)22-43-17-18-45(5,6)7)32(41)28-19-24-9-8-12-36-30(24)31(26-11-10-25(35)20-27(26)28)38-13-15-39(16-14-38)33(42)44-34(2,3)4;1-33(2,3)43-32(41)38-16-14-37(15-17-38)30-25-10-9-24(34)21-26(25)27(20-23-8-7-12-35-29(23)30)31(40)28-11-13-36-39(28)22-42-18-19-44(4,5)6;1-3-4-2;;;/h8-12,19-21,31H,13-18,22H2,1-7H3;7-13,20-21,30-31,40H,14-19,22H2,1-6H3;1-2H2;;;/t31-;30-,31?;;;;/m00..../s1. The number of pyridine rings is 2. The van der Waals surface area contributed by atoms with Gasteiger partial charge in [-0.1, -0.05) is 98.2 Å². The summed E-state index contributed by atoms with van der Waals surface area (Å²) in [7, 11) is -2.48. The number of aryl methyl sites for hydroxylation is 1. The maximum absolute atomic E-state index is 14.5. The number of fused-ring (bicyclic) bond motifs is 4. The van der Waals surface area contributed by atoms with Crippen LogP contribution >= 0.6 is 23.2 Å². The molecule has 0 spiro atoms. The molecule has 2 amide bonds. The summed E-state index contributed by atoms with van der Waals surface area (Å²) >= 11 is 11.8. The molecule has 25 heteroatoms. The van der Waals surface area contributed by atoms with Crippen LogP contribution < -0.4 is 0 Å². The van der Waals surface area contributed by atoms with E-state index in [9.17, 15) is 19.5 Å². The number of nitrogens with zero attached hydrogens (tertiary/aromatic N) is 10. The Balaban J connectivity index is 0.000000247. The van der Waals surface area contributed by atoms with Crippen LogP contribution in [-0.4, -0.2) is 165 Å². The first-order chi connectivity index (χ1) is 45.3. The molecule has 1 N–H and O–H groups in total. The molecule has 2 saturated heterocycles. The van der Waals surface area contributed by atoms with Crippen LogP contribution in [0.25, 0.3) is 23.3 Å².